The third-order valence-electron chi connectivity index (χ3n) is 10.7. The molecular weight excluding hydrogens is 360 g/mol. The van der Waals surface area contributed by atoms with E-state index in [4.69, 9.17) is 4.74 Å². The Labute approximate surface area is 178 Å². The van der Waals surface area contributed by atoms with Gasteiger partial charge in [-0.1, -0.05) is 20.8 Å². The standard InChI is InChI=1S/C26H44O3/c1-17-15-19-20-10-9-18(7-6-8-23(27)29-5)25(20,3)12-11-21(19)26(4)14-13-24(2,28)16-22(17)26/h17-22,28H,6-16H2,1-5H3/t17-,18+,19+,20+,21+,22-,24+,25-,26-/m1/s1. The van der Waals surface area contributed by atoms with E-state index < -0.39 is 5.60 Å². The van der Waals surface area contributed by atoms with Crippen LogP contribution in [-0.4, -0.2) is 23.8 Å². The van der Waals surface area contributed by atoms with Crippen molar-refractivity contribution < 1.29 is 14.6 Å². The lowest BCUT2D eigenvalue weighted by atomic mass is 9.42. The maximum absolute atomic E-state index is 11.5. The molecule has 4 rings (SSSR count). The van der Waals surface area contributed by atoms with Crippen molar-refractivity contribution in [3.05, 3.63) is 0 Å². The van der Waals surface area contributed by atoms with Gasteiger partial charge in [-0.25, -0.2) is 0 Å². The molecule has 0 aromatic rings. The molecule has 4 fully saturated rings. The predicted octanol–water partition coefficient (Wildman–Crippen LogP) is 5.99. The first-order valence-corrected chi connectivity index (χ1v) is 12.4. The van der Waals surface area contributed by atoms with Gasteiger partial charge in [-0.3, -0.25) is 4.79 Å². The lowest BCUT2D eigenvalue weighted by Gasteiger charge is -2.63. The van der Waals surface area contributed by atoms with Crippen LogP contribution in [0.15, 0.2) is 0 Å². The smallest absolute Gasteiger partial charge is 0.305 e. The van der Waals surface area contributed by atoms with Crippen molar-refractivity contribution in [2.24, 2.45) is 46.3 Å². The van der Waals surface area contributed by atoms with Crippen molar-refractivity contribution in [1.29, 1.82) is 0 Å². The molecule has 166 valence electrons. The summed E-state index contributed by atoms with van der Waals surface area (Å²) < 4.78 is 4.85. The summed E-state index contributed by atoms with van der Waals surface area (Å²) in [6.07, 6.45) is 12.8. The Morgan fingerprint density at radius 2 is 1.72 bits per heavy atom. The SMILES string of the molecule is COC(=O)CCC[C@H]1CC[C@H]2[C@@H]3C[C@@H](C)[C@H]4C[C@@](C)(O)CC[C@]4(C)[C@H]3CC[C@]12C. The van der Waals surface area contributed by atoms with Gasteiger partial charge in [0.05, 0.1) is 12.7 Å². The second-order valence-corrected chi connectivity index (χ2v) is 12.2. The first-order chi connectivity index (χ1) is 13.6. The second kappa shape index (κ2) is 7.53. The minimum Gasteiger partial charge on any atom is -0.469 e. The number of carbonyl (C=O) groups is 1. The van der Waals surface area contributed by atoms with Gasteiger partial charge < -0.3 is 9.84 Å². The molecule has 4 saturated carbocycles. The molecule has 4 aliphatic rings. The van der Waals surface area contributed by atoms with Crippen LogP contribution < -0.4 is 0 Å². The Kier molecular flexibility index (Phi) is 5.63. The van der Waals surface area contributed by atoms with Gasteiger partial charge >= 0.3 is 5.97 Å². The molecule has 0 saturated heterocycles. The number of carbonyl (C=O) groups excluding carboxylic acids is 1. The van der Waals surface area contributed by atoms with Crippen LogP contribution in [0.5, 0.6) is 0 Å². The van der Waals surface area contributed by atoms with Crippen LogP contribution in [0.1, 0.15) is 98.3 Å². The van der Waals surface area contributed by atoms with E-state index in [0.29, 0.717) is 23.2 Å². The van der Waals surface area contributed by atoms with Gasteiger partial charge in [0, 0.05) is 6.42 Å². The lowest BCUT2D eigenvalue weighted by Crippen LogP contribution is -2.57. The summed E-state index contributed by atoms with van der Waals surface area (Å²) in [5.41, 5.74) is 0.446. The van der Waals surface area contributed by atoms with Gasteiger partial charge in [0.15, 0.2) is 0 Å². The predicted molar refractivity (Wildman–Crippen MR) is 116 cm³/mol. The number of rotatable bonds is 4. The number of fused-ring (bicyclic) bond motifs is 5. The largest absolute Gasteiger partial charge is 0.469 e. The Morgan fingerprint density at radius 1 is 1.00 bits per heavy atom. The Hall–Kier alpha value is -0.570. The molecule has 0 unspecified atom stereocenters. The highest BCUT2D eigenvalue weighted by molar-refractivity contribution is 5.68. The summed E-state index contributed by atoms with van der Waals surface area (Å²) in [5, 5.41) is 10.8. The summed E-state index contributed by atoms with van der Waals surface area (Å²) in [6, 6.07) is 0. The van der Waals surface area contributed by atoms with Gasteiger partial charge in [0.2, 0.25) is 0 Å². The highest BCUT2D eigenvalue weighted by atomic mass is 16.5. The van der Waals surface area contributed by atoms with Crippen molar-refractivity contribution >= 4 is 5.97 Å². The summed E-state index contributed by atoms with van der Waals surface area (Å²) in [5.74, 6) is 4.74. The first-order valence-electron chi connectivity index (χ1n) is 12.4. The number of esters is 1. The van der Waals surface area contributed by atoms with E-state index in [1.807, 2.05) is 0 Å². The quantitative estimate of drug-likeness (QED) is 0.586. The number of methoxy groups -OCH3 is 1. The fourth-order valence-corrected chi connectivity index (χ4v) is 9.05. The molecule has 3 nitrogen and oxygen atoms in total. The first kappa shape index (κ1) is 21.7. The molecular formula is C26H44O3. The number of hydrogen-bond acceptors (Lipinski definition) is 3. The Balaban J connectivity index is 1.49. The number of aliphatic hydroxyl groups is 1. The van der Waals surface area contributed by atoms with E-state index in [1.165, 1.54) is 52.1 Å². The zero-order chi connectivity index (χ0) is 21.0. The van der Waals surface area contributed by atoms with Crippen LogP contribution >= 0.6 is 0 Å². The molecule has 0 aromatic carbocycles. The average molecular weight is 405 g/mol. The monoisotopic (exact) mass is 404 g/mol. The third-order valence-corrected chi connectivity index (χ3v) is 10.7. The van der Waals surface area contributed by atoms with Gasteiger partial charge in [0.1, 0.15) is 0 Å². The summed E-state index contributed by atoms with van der Waals surface area (Å²) >= 11 is 0. The summed E-state index contributed by atoms with van der Waals surface area (Å²) in [6.45, 7) is 9.73. The molecule has 0 amide bonds. The second-order valence-electron chi connectivity index (χ2n) is 12.2. The van der Waals surface area contributed by atoms with E-state index in [1.54, 1.807) is 0 Å². The van der Waals surface area contributed by atoms with Crippen molar-refractivity contribution in [1.82, 2.24) is 0 Å². The molecule has 3 heteroatoms. The maximum Gasteiger partial charge on any atom is 0.305 e. The maximum atomic E-state index is 11.5. The minimum absolute atomic E-state index is 0.0540. The molecule has 0 aliphatic heterocycles. The number of ether oxygens (including phenoxy) is 1. The minimum atomic E-state index is -0.452. The normalized spacial score (nSPS) is 51.7. The highest BCUT2D eigenvalue weighted by Gasteiger charge is 2.62. The molecule has 0 radical (unpaired) electrons. The van der Waals surface area contributed by atoms with Crippen LogP contribution in [0.3, 0.4) is 0 Å². The van der Waals surface area contributed by atoms with Crippen molar-refractivity contribution in [2.75, 3.05) is 7.11 Å². The lowest BCUT2D eigenvalue weighted by molar-refractivity contribution is -0.165. The molecule has 0 heterocycles. The Morgan fingerprint density at radius 3 is 2.45 bits per heavy atom. The van der Waals surface area contributed by atoms with E-state index in [-0.39, 0.29) is 5.97 Å². The van der Waals surface area contributed by atoms with Gasteiger partial charge in [-0.15, -0.1) is 0 Å². The molecule has 0 spiro atoms. The molecule has 4 aliphatic carbocycles. The van der Waals surface area contributed by atoms with Crippen LogP contribution in [0.2, 0.25) is 0 Å². The van der Waals surface area contributed by atoms with Crippen LogP contribution in [-0.2, 0) is 9.53 Å². The zero-order valence-corrected chi connectivity index (χ0v) is 19.5. The van der Waals surface area contributed by atoms with Crippen LogP contribution in [0.25, 0.3) is 0 Å². The molecule has 0 bridgehead atoms. The van der Waals surface area contributed by atoms with Crippen molar-refractivity contribution in [2.45, 2.75) is 104 Å². The van der Waals surface area contributed by atoms with E-state index in [0.717, 1.165) is 48.9 Å². The third kappa shape index (κ3) is 3.58. The van der Waals surface area contributed by atoms with Crippen molar-refractivity contribution in [3.8, 4) is 0 Å². The van der Waals surface area contributed by atoms with Gasteiger partial charge in [-0.05, 0) is 117 Å². The van der Waals surface area contributed by atoms with E-state index >= 15 is 0 Å². The van der Waals surface area contributed by atoms with Crippen LogP contribution in [0.4, 0.5) is 0 Å². The Bertz CT molecular complexity index is 627. The van der Waals surface area contributed by atoms with Gasteiger partial charge in [-0.2, -0.15) is 0 Å². The highest BCUT2D eigenvalue weighted by Crippen LogP contribution is 2.69. The summed E-state index contributed by atoms with van der Waals surface area (Å²) in [7, 11) is 1.50. The van der Waals surface area contributed by atoms with Crippen LogP contribution in [0, 0.1) is 46.3 Å². The zero-order valence-electron chi connectivity index (χ0n) is 19.5. The van der Waals surface area contributed by atoms with Crippen molar-refractivity contribution in [3.63, 3.8) is 0 Å². The average Bonchev–Trinajstić information content (AvgIpc) is 3.00. The molecule has 1 N–H and O–H groups in total. The fraction of sp³-hybridized carbons (Fsp3) is 0.962. The molecule has 29 heavy (non-hydrogen) atoms. The van der Waals surface area contributed by atoms with Gasteiger partial charge in [0.25, 0.3) is 0 Å². The van der Waals surface area contributed by atoms with E-state index in [9.17, 15) is 9.90 Å². The molecule has 9 atom stereocenters. The number of hydrogen-bond donors (Lipinski definition) is 1. The summed E-state index contributed by atoms with van der Waals surface area (Å²) in [4.78, 5) is 11.5. The van der Waals surface area contributed by atoms with E-state index in [2.05, 4.69) is 27.7 Å². The molecule has 0 aromatic heterocycles. The fourth-order valence-electron chi connectivity index (χ4n) is 9.05. The topological polar surface area (TPSA) is 46.5 Å².